The zero-order valence-electron chi connectivity index (χ0n) is 12.4. The van der Waals surface area contributed by atoms with E-state index in [0.717, 1.165) is 12.8 Å². The molecule has 0 spiro atoms. The summed E-state index contributed by atoms with van der Waals surface area (Å²) >= 11 is 0. The van der Waals surface area contributed by atoms with Crippen molar-refractivity contribution in [2.75, 3.05) is 7.11 Å². The molecule has 4 nitrogen and oxygen atoms in total. The van der Waals surface area contributed by atoms with Gasteiger partial charge in [0, 0.05) is 12.7 Å². The van der Waals surface area contributed by atoms with Crippen LogP contribution in [0, 0.1) is 35.5 Å². The molecule has 21 heavy (non-hydrogen) atoms. The van der Waals surface area contributed by atoms with Gasteiger partial charge in [-0.25, -0.2) is 4.79 Å². The lowest BCUT2D eigenvalue weighted by Crippen LogP contribution is -2.36. The van der Waals surface area contributed by atoms with E-state index >= 15 is 0 Å². The maximum absolute atomic E-state index is 11.4. The second kappa shape index (κ2) is 5.24. The van der Waals surface area contributed by atoms with Crippen LogP contribution >= 0.6 is 0 Å². The first-order valence-corrected chi connectivity index (χ1v) is 6.71. The number of ether oxygens (including phenoxy) is 1. The maximum Gasteiger partial charge on any atom is 0.337 e. The topological polar surface area (TPSA) is 70.3 Å². The normalized spacial score (nSPS) is 17.8. The van der Waals surface area contributed by atoms with Crippen molar-refractivity contribution in [1.82, 2.24) is 0 Å². The zero-order chi connectivity index (χ0) is 15.7. The summed E-state index contributed by atoms with van der Waals surface area (Å²) < 4.78 is 5.46. The Kier molecular flexibility index (Phi) is 3.77. The second-order valence-electron chi connectivity index (χ2n) is 5.48. The highest BCUT2D eigenvalue weighted by molar-refractivity contribution is 5.92. The third kappa shape index (κ3) is 2.51. The van der Waals surface area contributed by atoms with E-state index in [1.54, 1.807) is 32.0 Å². The fourth-order valence-electron chi connectivity index (χ4n) is 2.43. The third-order valence-corrected chi connectivity index (χ3v) is 4.21. The summed E-state index contributed by atoms with van der Waals surface area (Å²) in [7, 11) is 1.53. The van der Waals surface area contributed by atoms with E-state index in [1.165, 1.54) is 7.11 Å². The molecule has 108 valence electrons. The number of methoxy groups -OCH3 is 1. The van der Waals surface area contributed by atoms with Crippen molar-refractivity contribution in [2.24, 2.45) is 5.41 Å². The van der Waals surface area contributed by atoms with E-state index < -0.39 is 17.0 Å². The number of aromatic carboxylic acids is 1. The average Bonchev–Trinajstić information content (AvgIpc) is 3.25. The first-order chi connectivity index (χ1) is 9.89. The van der Waals surface area contributed by atoms with Crippen LogP contribution in [-0.4, -0.2) is 23.8 Å². The molecule has 0 amide bonds. The summed E-state index contributed by atoms with van der Waals surface area (Å²) in [5.74, 6) is 4.88. The molecule has 4 heteroatoms. The number of carboxylic acids is 1. The van der Waals surface area contributed by atoms with Crippen molar-refractivity contribution in [2.45, 2.75) is 32.3 Å². The zero-order valence-corrected chi connectivity index (χ0v) is 12.4. The largest absolute Gasteiger partial charge is 0.478 e. The Bertz CT molecular complexity index is 686. The highest BCUT2D eigenvalue weighted by atomic mass is 16.5. The van der Waals surface area contributed by atoms with Crippen LogP contribution in [-0.2, 0) is 4.74 Å². The molecule has 0 unspecified atom stereocenters. The lowest BCUT2D eigenvalue weighted by atomic mass is 9.87. The molecule has 1 saturated carbocycles. The fourth-order valence-corrected chi connectivity index (χ4v) is 2.43. The molecule has 0 bridgehead atoms. The van der Waals surface area contributed by atoms with Crippen LogP contribution in [0.2, 0.25) is 0 Å². The van der Waals surface area contributed by atoms with Gasteiger partial charge in [-0.1, -0.05) is 24.0 Å². The van der Waals surface area contributed by atoms with E-state index in [0.29, 0.717) is 11.1 Å². The van der Waals surface area contributed by atoms with Gasteiger partial charge in [0.1, 0.15) is 5.60 Å². The van der Waals surface area contributed by atoms with Gasteiger partial charge < -0.3 is 9.84 Å². The molecule has 0 aliphatic heterocycles. The summed E-state index contributed by atoms with van der Waals surface area (Å²) in [6, 6.07) is 7.47. The molecule has 1 fully saturated rings. The van der Waals surface area contributed by atoms with Gasteiger partial charge in [0.15, 0.2) is 0 Å². The first kappa shape index (κ1) is 15.1. The molecule has 1 aliphatic rings. The van der Waals surface area contributed by atoms with Gasteiger partial charge in [0.2, 0.25) is 0 Å². The number of rotatable bonds is 3. The van der Waals surface area contributed by atoms with Crippen molar-refractivity contribution in [3.05, 3.63) is 34.9 Å². The maximum atomic E-state index is 11.4. The van der Waals surface area contributed by atoms with E-state index in [4.69, 9.17) is 4.74 Å². The number of nitrogens with zero attached hydrogens (tertiary/aromatic N) is 1. The van der Waals surface area contributed by atoms with Crippen LogP contribution in [0.4, 0.5) is 0 Å². The van der Waals surface area contributed by atoms with Crippen LogP contribution in [0.15, 0.2) is 18.2 Å². The van der Waals surface area contributed by atoms with E-state index in [-0.39, 0.29) is 5.56 Å². The molecular formula is C17H17NO3. The van der Waals surface area contributed by atoms with Crippen molar-refractivity contribution in [3.8, 4) is 17.9 Å². The van der Waals surface area contributed by atoms with Crippen molar-refractivity contribution >= 4 is 5.97 Å². The van der Waals surface area contributed by atoms with Gasteiger partial charge in [0.25, 0.3) is 0 Å². The average molecular weight is 283 g/mol. The summed E-state index contributed by atoms with van der Waals surface area (Å²) in [6.07, 6.45) is 1.50. The predicted octanol–water partition coefficient (Wildman–Crippen LogP) is 2.75. The van der Waals surface area contributed by atoms with Crippen LogP contribution in [0.25, 0.3) is 0 Å². The van der Waals surface area contributed by atoms with E-state index in [1.807, 2.05) is 0 Å². The van der Waals surface area contributed by atoms with Gasteiger partial charge in [0.05, 0.1) is 17.0 Å². The molecular weight excluding hydrogens is 266 g/mol. The molecule has 2 rings (SSSR count). The Hall–Kier alpha value is -2.30. The SMILES string of the molecule is CO[C@](C)(C#Cc1cccc(C)c1C(=O)O)C1(C#N)CC1. The number of carbonyl (C=O) groups is 1. The summed E-state index contributed by atoms with van der Waals surface area (Å²) in [4.78, 5) is 11.4. The Balaban J connectivity index is 2.47. The highest BCUT2D eigenvalue weighted by Crippen LogP contribution is 2.54. The Morgan fingerprint density at radius 1 is 1.48 bits per heavy atom. The van der Waals surface area contributed by atoms with Gasteiger partial charge in [-0.15, -0.1) is 0 Å². The minimum absolute atomic E-state index is 0.199. The molecule has 1 N–H and O–H groups in total. The number of hydrogen-bond donors (Lipinski definition) is 1. The van der Waals surface area contributed by atoms with Crippen molar-refractivity contribution in [1.29, 1.82) is 5.26 Å². The Morgan fingerprint density at radius 2 is 2.14 bits per heavy atom. The number of carboxylic acid groups (broad SMARTS) is 1. The molecule has 1 aromatic carbocycles. The number of nitriles is 1. The Morgan fingerprint density at radius 3 is 2.62 bits per heavy atom. The minimum atomic E-state index is -1.00. The van der Waals surface area contributed by atoms with Crippen LogP contribution < -0.4 is 0 Å². The van der Waals surface area contributed by atoms with Crippen LogP contribution in [0.1, 0.15) is 41.3 Å². The molecule has 0 saturated heterocycles. The first-order valence-electron chi connectivity index (χ1n) is 6.71. The molecule has 0 heterocycles. The molecule has 1 aromatic rings. The highest BCUT2D eigenvalue weighted by Gasteiger charge is 2.58. The predicted molar refractivity (Wildman–Crippen MR) is 77.7 cm³/mol. The molecule has 0 aromatic heterocycles. The summed E-state index contributed by atoms with van der Waals surface area (Å²) in [5, 5.41) is 18.6. The standard InChI is InChI=1S/C17H17NO3/c1-12-5-4-6-13(14(12)15(19)20)7-8-16(2,21-3)17(11-18)9-10-17/h4-6H,9-10H2,1-3H3,(H,19,20)/t16-/m1/s1. The van der Waals surface area contributed by atoms with E-state index in [2.05, 4.69) is 17.9 Å². The lowest BCUT2D eigenvalue weighted by Gasteiger charge is -2.26. The van der Waals surface area contributed by atoms with Gasteiger partial charge in [-0.3, -0.25) is 0 Å². The van der Waals surface area contributed by atoms with E-state index in [9.17, 15) is 15.2 Å². The van der Waals surface area contributed by atoms with Crippen molar-refractivity contribution < 1.29 is 14.6 Å². The van der Waals surface area contributed by atoms with Crippen LogP contribution in [0.3, 0.4) is 0 Å². The molecule has 1 aliphatic carbocycles. The quantitative estimate of drug-likeness (QED) is 0.866. The number of hydrogen-bond acceptors (Lipinski definition) is 3. The lowest BCUT2D eigenvalue weighted by molar-refractivity contribution is 0.0147. The monoisotopic (exact) mass is 283 g/mol. The minimum Gasteiger partial charge on any atom is -0.478 e. The summed E-state index contributed by atoms with van der Waals surface area (Å²) in [5.41, 5.74) is -0.164. The third-order valence-electron chi connectivity index (χ3n) is 4.21. The van der Waals surface area contributed by atoms with Gasteiger partial charge in [-0.2, -0.15) is 5.26 Å². The summed E-state index contributed by atoms with van der Waals surface area (Å²) in [6.45, 7) is 3.52. The van der Waals surface area contributed by atoms with Crippen LogP contribution in [0.5, 0.6) is 0 Å². The molecule has 1 atom stereocenters. The van der Waals surface area contributed by atoms with Gasteiger partial charge in [-0.05, 0) is 38.3 Å². The number of benzene rings is 1. The Labute approximate surface area is 124 Å². The van der Waals surface area contributed by atoms with Gasteiger partial charge >= 0.3 is 5.97 Å². The van der Waals surface area contributed by atoms with Crippen molar-refractivity contribution in [3.63, 3.8) is 0 Å². The smallest absolute Gasteiger partial charge is 0.337 e. The second-order valence-corrected chi connectivity index (χ2v) is 5.48. The molecule has 0 radical (unpaired) electrons. The fraction of sp³-hybridized carbons (Fsp3) is 0.412. The number of aryl methyl sites for hydroxylation is 1.